The number of ether oxygens (including phenoxy) is 1. The van der Waals surface area contributed by atoms with Gasteiger partial charge < -0.3 is 4.74 Å². The van der Waals surface area contributed by atoms with Crippen molar-refractivity contribution in [2.24, 2.45) is 0 Å². The Kier molecular flexibility index (Phi) is 5.78. The molecule has 18 heavy (non-hydrogen) atoms. The van der Waals surface area contributed by atoms with Crippen LogP contribution in [0.4, 0.5) is 4.39 Å². The van der Waals surface area contributed by atoms with Crippen LogP contribution in [0.1, 0.15) is 24.8 Å². The highest BCUT2D eigenvalue weighted by atomic mass is 35.5. The van der Waals surface area contributed by atoms with E-state index in [9.17, 15) is 14.0 Å². The highest BCUT2D eigenvalue weighted by Crippen LogP contribution is 2.20. The molecule has 0 N–H and O–H groups in total. The predicted molar refractivity (Wildman–Crippen MR) is 66.0 cm³/mol. The molecule has 0 unspecified atom stereocenters. The lowest BCUT2D eigenvalue weighted by Crippen LogP contribution is -2.07. The second kappa shape index (κ2) is 7.11. The standard InChI is InChI=1S/C13H14ClFO3/c1-18-13(17)8-6-9(16)5-7-10-11(14)3-2-4-12(10)15/h2-4H,5-8H2,1H3. The molecule has 0 saturated carbocycles. The molecule has 0 atom stereocenters. The first-order valence-corrected chi connectivity index (χ1v) is 5.93. The topological polar surface area (TPSA) is 43.4 Å². The van der Waals surface area contributed by atoms with E-state index in [1.165, 1.54) is 19.2 Å². The minimum atomic E-state index is -0.424. The van der Waals surface area contributed by atoms with Crippen LogP contribution in [0.15, 0.2) is 18.2 Å². The number of hydrogen-bond donors (Lipinski definition) is 0. The molecule has 0 aliphatic carbocycles. The highest BCUT2D eigenvalue weighted by molar-refractivity contribution is 6.31. The lowest BCUT2D eigenvalue weighted by molar-refractivity contribution is -0.141. The van der Waals surface area contributed by atoms with Gasteiger partial charge in [-0.25, -0.2) is 4.39 Å². The van der Waals surface area contributed by atoms with Crippen molar-refractivity contribution >= 4 is 23.4 Å². The van der Waals surface area contributed by atoms with Gasteiger partial charge >= 0.3 is 5.97 Å². The number of methoxy groups -OCH3 is 1. The molecule has 5 heteroatoms. The van der Waals surface area contributed by atoms with Crippen LogP contribution in [-0.4, -0.2) is 18.9 Å². The summed E-state index contributed by atoms with van der Waals surface area (Å²) in [4.78, 5) is 22.3. The Morgan fingerprint density at radius 2 is 2.00 bits per heavy atom. The van der Waals surface area contributed by atoms with E-state index in [4.69, 9.17) is 11.6 Å². The molecule has 0 aliphatic heterocycles. The maximum Gasteiger partial charge on any atom is 0.305 e. The van der Waals surface area contributed by atoms with E-state index in [0.29, 0.717) is 10.6 Å². The third-order valence-corrected chi connectivity index (χ3v) is 2.91. The van der Waals surface area contributed by atoms with Gasteiger partial charge in [0.2, 0.25) is 0 Å². The average molecular weight is 273 g/mol. The Morgan fingerprint density at radius 1 is 1.28 bits per heavy atom. The SMILES string of the molecule is COC(=O)CCC(=O)CCc1c(F)cccc1Cl. The average Bonchev–Trinajstić information content (AvgIpc) is 2.35. The maximum atomic E-state index is 13.4. The lowest BCUT2D eigenvalue weighted by atomic mass is 10.0. The van der Waals surface area contributed by atoms with Crippen LogP contribution < -0.4 is 0 Å². The van der Waals surface area contributed by atoms with Crippen molar-refractivity contribution in [2.45, 2.75) is 25.7 Å². The molecule has 3 nitrogen and oxygen atoms in total. The monoisotopic (exact) mass is 272 g/mol. The van der Waals surface area contributed by atoms with E-state index in [1.807, 2.05) is 0 Å². The Balaban J connectivity index is 2.45. The number of carbonyl (C=O) groups is 2. The first-order valence-electron chi connectivity index (χ1n) is 5.56. The minimum Gasteiger partial charge on any atom is -0.469 e. The van der Waals surface area contributed by atoms with E-state index in [2.05, 4.69) is 4.74 Å². The molecule has 1 aromatic carbocycles. The van der Waals surface area contributed by atoms with Crippen LogP contribution in [0.2, 0.25) is 5.02 Å². The summed E-state index contributed by atoms with van der Waals surface area (Å²) in [6.07, 6.45) is 0.572. The van der Waals surface area contributed by atoms with Crippen LogP contribution in [0, 0.1) is 5.82 Å². The summed E-state index contributed by atoms with van der Waals surface area (Å²) in [6.45, 7) is 0. The molecule has 0 aromatic heterocycles. The second-order valence-electron chi connectivity index (χ2n) is 3.82. The Bertz CT molecular complexity index is 426. The summed E-state index contributed by atoms with van der Waals surface area (Å²) < 4.78 is 17.8. The molecule has 98 valence electrons. The van der Waals surface area contributed by atoms with Gasteiger partial charge in [0.25, 0.3) is 0 Å². The summed E-state index contributed by atoms with van der Waals surface area (Å²) >= 11 is 5.84. The van der Waals surface area contributed by atoms with E-state index in [-0.39, 0.29) is 31.5 Å². The smallest absolute Gasteiger partial charge is 0.305 e. The molecule has 1 aromatic rings. The highest BCUT2D eigenvalue weighted by Gasteiger charge is 2.11. The van der Waals surface area contributed by atoms with Crippen LogP contribution >= 0.6 is 11.6 Å². The van der Waals surface area contributed by atoms with Gasteiger partial charge in [-0.1, -0.05) is 17.7 Å². The minimum absolute atomic E-state index is 0.0559. The summed E-state index contributed by atoms with van der Waals surface area (Å²) in [5, 5.41) is 0.316. The zero-order chi connectivity index (χ0) is 13.5. The molecule has 0 radical (unpaired) electrons. The predicted octanol–water partition coefficient (Wildman–Crippen LogP) is 2.93. The fraction of sp³-hybridized carbons (Fsp3) is 0.385. The molecule has 0 fully saturated rings. The van der Waals surface area contributed by atoms with Crippen LogP contribution in [0.3, 0.4) is 0 Å². The largest absolute Gasteiger partial charge is 0.469 e. The van der Waals surface area contributed by atoms with Gasteiger partial charge in [0.15, 0.2) is 0 Å². The Hall–Kier alpha value is -1.42. The molecule has 0 amide bonds. The first-order chi connectivity index (χ1) is 8.54. The van der Waals surface area contributed by atoms with E-state index < -0.39 is 11.8 Å². The van der Waals surface area contributed by atoms with Crippen molar-refractivity contribution in [3.05, 3.63) is 34.6 Å². The molecule has 0 bridgehead atoms. The molecule has 0 saturated heterocycles. The fourth-order valence-corrected chi connectivity index (χ4v) is 1.76. The number of carbonyl (C=O) groups excluding carboxylic acids is 2. The van der Waals surface area contributed by atoms with Crippen LogP contribution in [-0.2, 0) is 20.7 Å². The number of esters is 1. The molecule has 0 spiro atoms. The first kappa shape index (κ1) is 14.6. The van der Waals surface area contributed by atoms with Crippen molar-refractivity contribution in [3.8, 4) is 0 Å². The number of ketones is 1. The third kappa shape index (κ3) is 4.45. The van der Waals surface area contributed by atoms with Crippen LogP contribution in [0.5, 0.6) is 0 Å². The maximum absolute atomic E-state index is 13.4. The summed E-state index contributed by atoms with van der Waals surface area (Å²) in [7, 11) is 1.27. The van der Waals surface area contributed by atoms with Gasteiger partial charge in [0.05, 0.1) is 13.5 Å². The van der Waals surface area contributed by atoms with Gasteiger partial charge in [-0.2, -0.15) is 0 Å². The quantitative estimate of drug-likeness (QED) is 0.748. The fourth-order valence-electron chi connectivity index (χ4n) is 1.50. The van der Waals surface area contributed by atoms with Gasteiger partial charge in [0.1, 0.15) is 11.6 Å². The zero-order valence-corrected chi connectivity index (χ0v) is 10.8. The number of hydrogen-bond acceptors (Lipinski definition) is 3. The van der Waals surface area contributed by atoms with Crippen molar-refractivity contribution in [1.29, 1.82) is 0 Å². The summed E-state index contributed by atoms with van der Waals surface area (Å²) in [6, 6.07) is 4.40. The molecular formula is C13H14ClFO3. The van der Waals surface area contributed by atoms with E-state index in [1.54, 1.807) is 6.07 Å². The lowest BCUT2D eigenvalue weighted by Gasteiger charge is -2.05. The van der Waals surface area contributed by atoms with E-state index >= 15 is 0 Å². The number of Topliss-reactive ketones (excluding diaryl/α,β-unsaturated/α-hetero) is 1. The van der Waals surface area contributed by atoms with E-state index in [0.717, 1.165) is 0 Å². The normalized spacial score (nSPS) is 10.2. The third-order valence-electron chi connectivity index (χ3n) is 2.55. The molecule has 0 heterocycles. The Morgan fingerprint density at radius 3 is 2.61 bits per heavy atom. The zero-order valence-electron chi connectivity index (χ0n) is 10.0. The van der Waals surface area contributed by atoms with Crippen molar-refractivity contribution in [3.63, 3.8) is 0 Å². The number of rotatable bonds is 6. The number of benzene rings is 1. The molecule has 0 aliphatic rings. The van der Waals surface area contributed by atoms with Gasteiger partial charge in [-0.3, -0.25) is 9.59 Å². The number of halogens is 2. The molecular weight excluding hydrogens is 259 g/mol. The van der Waals surface area contributed by atoms with Crippen molar-refractivity contribution < 1.29 is 18.7 Å². The van der Waals surface area contributed by atoms with Crippen LogP contribution in [0.25, 0.3) is 0 Å². The van der Waals surface area contributed by atoms with Gasteiger partial charge in [0, 0.05) is 23.4 Å². The second-order valence-corrected chi connectivity index (χ2v) is 4.22. The molecule has 1 rings (SSSR count). The van der Waals surface area contributed by atoms with Gasteiger partial charge in [-0.05, 0) is 18.6 Å². The summed E-state index contributed by atoms with van der Waals surface area (Å²) in [5.41, 5.74) is 0.339. The summed E-state index contributed by atoms with van der Waals surface area (Å²) in [5.74, 6) is -0.949. The van der Waals surface area contributed by atoms with Crippen molar-refractivity contribution in [2.75, 3.05) is 7.11 Å². The van der Waals surface area contributed by atoms with Gasteiger partial charge in [-0.15, -0.1) is 0 Å². The van der Waals surface area contributed by atoms with Crippen molar-refractivity contribution in [1.82, 2.24) is 0 Å². The Labute approximate surface area is 110 Å².